The third kappa shape index (κ3) is 3.37. The van der Waals surface area contributed by atoms with Crippen LogP contribution in [-0.4, -0.2) is 46.8 Å². The Bertz CT molecular complexity index is 1170. The van der Waals surface area contributed by atoms with Gasteiger partial charge in [0, 0.05) is 19.2 Å². The average Bonchev–Trinajstić information content (AvgIpc) is 3.34. The van der Waals surface area contributed by atoms with Crippen molar-refractivity contribution in [2.45, 2.75) is 45.2 Å². The van der Waals surface area contributed by atoms with Gasteiger partial charge in [-0.05, 0) is 38.3 Å². The Labute approximate surface area is 180 Å². The molecule has 0 aromatic carbocycles. The van der Waals surface area contributed by atoms with Gasteiger partial charge in [-0.25, -0.2) is 14.3 Å². The molecule has 1 aliphatic carbocycles. The molecule has 30 heavy (non-hydrogen) atoms. The number of Topliss-reactive ketones (excluding diaryl/α,β-unsaturated/α-hetero) is 1. The first-order valence-electron chi connectivity index (χ1n) is 9.17. The second-order valence-electron chi connectivity index (χ2n) is 7.09. The highest BCUT2D eigenvalue weighted by atomic mass is 35.5. The van der Waals surface area contributed by atoms with Crippen molar-refractivity contribution in [1.82, 2.24) is 29.5 Å². The first-order chi connectivity index (χ1) is 14.2. The maximum atomic E-state index is 12.0. The lowest BCUT2D eigenvalue weighted by molar-refractivity contribution is -0.386. The van der Waals surface area contributed by atoms with Gasteiger partial charge in [0.1, 0.15) is 11.2 Å². The number of carbonyl (C=O) groups excluding carboxylic acids is 1. The van der Waals surface area contributed by atoms with Crippen LogP contribution in [0.15, 0.2) is 6.20 Å². The van der Waals surface area contributed by atoms with Gasteiger partial charge in [0.05, 0.1) is 16.9 Å². The zero-order valence-electron chi connectivity index (χ0n) is 16.1. The summed E-state index contributed by atoms with van der Waals surface area (Å²) in [6.45, 7) is 3.57. The molecule has 0 bridgehead atoms. The fraction of sp³-hybridized carbons (Fsp3) is 0.471. The zero-order valence-corrected chi connectivity index (χ0v) is 17.6. The molecule has 1 aliphatic rings. The zero-order chi connectivity index (χ0) is 21.6. The fourth-order valence-electron chi connectivity index (χ4n) is 3.46. The molecule has 0 aliphatic heterocycles. The van der Waals surface area contributed by atoms with E-state index in [0.29, 0.717) is 42.5 Å². The fourth-order valence-corrected chi connectivity index (χ4v) is 3.82. The van der Waals surface area contributed by atoms with Gasteiger partial charge in [0.25, 0.3) is 0 Å². The summed E-state index contributed by atoms with van der Waals surface area (Å²) in [5, 5.41) is 20.9. The van der Waals surface area contributed by atoms with Gasteiger partial charge in [-0.2, -0.15) is 10.1 Å². The minimum absolute atomic E-state index is 0.0716. The van der Waals surface area contributed by atoms with Gasteiger partial charge in [-0.3, -0.25) is 14.9 Å². The van der Waals surface area contributed by atoms with Crippen molar-refractivity contribution in [3.8, 4) is 5.88 Å². The second-order valence-corrected chi connectivity index (χ2v) is 7.78. The van der Waals surface area contributed by atoms with E-state index < -0.39 is 10.5 Å². The molecule has 158 valence electrons. The third-order valence-electron chi connectivity index (χ3n) is 5.19. The van der Waals surface area contributed by atoms with Gasteiger partial charge in [0.15, 0.2) is 16.6 Å². The van der Waals surface area contributed by atoms with Crippen molar-refractivity contribution in [2.24, 2.45) is 0 Å². The lowest BCUT2D eigenvalue weighted by Crippen LogP contribution is -2.27. The van der Waals surface area contributed by atoms with Gasteiger partial charge in [-0.15, -0.1) is 5.10 Å². The molecule has 0 N–H and O–H groups in total. The molecule has 0 radical (unpaired) electrons. The van der Waals surface area contributed by atoms with Crippen LogP contribution in [0, 0.1) is 17.0 Å². The summed E-state index contributed by atoms with van der Waals surface area (Å²) >= 11 is 11.9. The molecule has 1 saturated carbocycles. The van der Waals surface area contributed by atoms with Gasteiger partial charge in [-0.1, -0.05) is 11.6 Å². The van der Waals surface area contributed by atoms with Gasteiger partial charge >= 0.3 is 11.6 Å². The van der Waals surface area contributed by atoms with Crippen molar-refractivity contribution in [1.29, 1.82) is 0 Å². The largest absolute Gasteiger partial charge is 0.472 e. The molecule has 11 nitrogen and oxygen atoms in total. The maximum absolute atomic E-state index is 12.0. The van der Waals surface area contributed by atoms with Crippen molar-refractivity contribution in [3.05, 3.63) is 32.4 Å². The number of ketones is 1. The van der Waals surface area contributed by atoms with Crippen molar-refractivity contribution in [3.63, 3.8) is 0 Å². The maximum Gasteiger partial charge on any atom is 0.353 e. The lowest BCUT2D eigenvalue weighted by atomic mass is 10.2. The SMILES string of the molecule is CC(=O)C1(n2nc(OCCCn3nc(Cl)c4cnc(Cl)nc43)c([N+](=O)[O-])c2C)CC1. The molecule has 0 saturated heterocycles. The molecular formula is C17H17Cl2N7O4. The van der Waals surface area contributed by atoms with E-state index in [1.54, 1.807) is 11.6 Å². The van der Waals surface area contributed by atoms with E-state index in [0.717, 1.165) is 0 Å². The Morgan fingerprint density at radius 1 is 1.37 bits per heavy atom. The van der Waals surface area contributed by atoms with Crippen molar-refractivity contribution < 1.29 is 14.5 Å². The summed E-state index contributed by atoms with van der Waals surface area (Å²) in [6, 6.07) is 0. The Morgan fingerprint density at radius 2 is 2.10 bits per heavy atom. The number of ether oxygens (including phenoxy) is 1. The van der Waals surface area contributed by atoms with Crippen LogP contribution >= 0.6 is 23.2 Å². The third-order valence-corrected chi connectivity index (χ3v) is 5.65. The van der Waals surface area contributed by atoms with E-state index in [1.807, 2.05) is 0 Å². The highest BCUT2D eigenvalue weighted by Gasteiger charge is 2.52. The van der Waals surface area contributed by atoms with Gasteiger partial charge in [0.2, 0.25) is 5.28 Å². The average molecular weight is 454 g/mol. The van der Waals surface area contributed by atoms with E-state index >= 15 is 0 Å². The molecule has 0 unspecified atom stereocenters. The smallest absolute Gasteiger partial charge is 0.353 e. The van der Waals surface area contributed by atoms with Crippen LogP contribution in [-0.2, 0) is 16.9 Å². The number of hydrogen-bond acceptors (Lipinski definition) is 8. The van der Waals surface area contributed by atoms with Crippen LogP contribution < -0.4 is 4.74 Å². The minimum atomic E-state index is -0.792. The molecule has 0 atom stereocenters. The number of aromatic nitrogens is 6. The standard InChI is InChI=1S/C17H17Cl2N7O4/c1-9-12(26(28)29)15(23-25(9)17(4-5-17)10(2)27)30-7-3-6-24-14-11(13(18)22-24)8-20-16(19)21-14/h8H,3-7H2,1-2H3. The quantitative estimate of drug-likeness (QED) is 0.220. The number of nitrogens with zero attached hydrogens (tertiary/aromatic N) is 7. The molecule has 0 spiro atoms. The Kier molecular flexibility index (Phi) is 5.10. The molecule has 3 heterocycles. The number of halogens is 2. The first kappa shape index (κ1) is 20.5. The van der Waals surface area contributed by atoms with Crippen LogP contribution in [0.1, 0.15) is 31.9 Å². The molecule has 1 fully saturated rings. The summed E-state index contributed by atoms with van der Waals surface area (Å²) in [5.41, 5.74) is -0.225. The summed E-state index contributed by atoms with van der Waals surface area (Å²) < 4.78 is 8.61. The number of aryl methyl sites for hydroxylation is 1. The Hall–Kier alpha value is -2.79. The number of fused-ring (bicyclic) bond motifs is 1. The van der Waals surface area contributed by atoms with Crippen molar-refractivity contribution >= 4 is 45.7 Å². The summed E-state index contributed by atoms with van der Waals surface area (Å²) in [4.78, 5) is 31.0. The molecule has 4 rings (SSSR count). The topological polar surface area (TPSA) is 131 Å². The Morgan fingerprint density at radius 3 is 2.73 bits per heavy atom. The normalized spacial score (nSPS) is 14.8. The van der Waals surface area contributed by atoms with E-state index in [2.05, 4.69) is 20.2 Å². The predicted octanol–water partition coefficient (Wildman–Crippen LogP) is 3.09. The molecule has 3 aromatic heterocycles. The number of carbonyl (C=O) groups is 1. The first-order valence-corrected chi connectivity index (χ1v) is 9.93. The van der Waals surface area contributed by atoms with Crippen LogP contribution in [0.4, 0.5) is 5.69 Å². The van der Waals surface area contributed by atoms with E-state index in [4.69, 9.17) is 27.9 Å². The van der Waals surface area contributed by atoms with Gasteiger partial charge < -0.3 is 4.74 Å². The Balaban J connectivity index is 1.49. The predicted molar refractivity (Wildman–Crippen MR) is 107 cm³/mol. The lowest BCUT2D eigenvalue weighted by Gasteiger charge is -2.13. The molecule has 3 aromatic rings. The highest BCUT2D eigenvalue weighted by Crippen LogP contribution is 2.47. The number of nitro groups is 1. The van der Waals surface area contributed by atoms with E-state index in [-0.39, 0.29) is 34.4 Å². The van der Waals surface area contributed by atoms with E-state index in [1.165, 1.54) is 17.8 Å². The molecule has 0 amide bonds. The molecule has 13 heteroatoms. The van der Waals surface area contributed by atoms with Crippen LogP contribution in [0.3, 0.4) is 0 Å². The van der Waals surface area contributed by atoms with Crippen LogP contribution in [0.2, 0.25) is 10.4 Å². The summed E-state index contributed by atoms with van der Waals surface area (Å²) in [7, 11) is 0. The summed E-state index contributed by atoms with van der Waals surface area (Å²) in [6.07, 6.45) is 3.17. The summed E-state index contributed by atoms with van der Waals surface area (Å²) in [5.74, 6) is -0.170. The van der Waals surface area contributed by atoms with Crippen LogP contribution in [0.25, 0.3) is 11.0 Å². The minimum Gasteiger partial charge on any atom is -0.472 e. The van der Waals surface area contributed by atoms with E-state index in [9.17, 15) is 14.9 Å². The number of rotatable bonds is 8. The monoisotopic (exact) mass is 453 g/mol. The number of hydrogen-bond donors (Lipinski definition) is 0. The van der Waals surface area contributed by atoms with Crippen LogP contribution in [0.5, 0.6) is 5.88 Å². The highest BCUT2D eigenvalue weighted by molar-refractivity contribution is 6.34. The second kappa shape index (κ2) is 7.47. The molecular weight excluding hydrogens is 437 g/mol. The van der Waals surface area contributed by atoms with Crippen molar-refractivity contribution in [2.75, 3.05) is 6.61 Å².